The molecule has 0 radical (unpaired) electrons. The quantitative estimate of drug-likeness (QED) is 0.550. The molecule has 0 atom stereocenters. The molecule has 0 bridgehead atoms. The van der Waals surface area contributed by atoms with Gasteiger partial charge in [0.05, 0.1) is 23.3 Å². The van der Waals surface area contributed by atoms with Gasteiger partial charge in [-0.3, -0.25) is 19.6 Å². The normalized spacial score (nSPS) is 14.7. The summed E-state index contributed by atoms with van der Waals surface area (Å²) in [5.41, 5.74) is 9.33. The lowest BCUT2D eigenvalue weighted by Crippen LogP contribution is -2.26. The van der Waals surface area contributed by atoms with E-state index in [0.717, 1.165) is 16.8 Å². The van der Waals surface area contributed by atoms with E-state index in [0.29, 0.717) is 61.6 Å². The maximum absolute atomic E-state index is 13.1. The summed E-state index contributed by atoms with van der Waals surface area (Å²) in [6.45, 7) is 5.40. The molecule has 4 N–H and O–H groups in total. The highest BCUT2D eigenvalue weighted by atomic mass is 16.5. The number of nitrogens with one attached hydrogen (secondary N) is 2. The molecule has 3 aromatic rings. The predicted molar refractivity (Wildman–Crippen MR) is 121 cm³/mol. The Morgan fingerprint density at radius 1 is 1.27 bits per heavy atom. The van der Waals surface area contributed by atoms with Crippen LogP contribution in [0.4, 0.5) is 10.7 Å². The van der Waals surface area contributed by atoms with Crippen molar-refractivity contribution in [1.82, 2.24) is 24.6 Å². The summed E-state index contributed by atoms with van der Waals surface area (Å²) in [4.78, 5) is 41.4. The number of aryl methyl sites for hydroxylation is 4. The lowest BCUT2D eigenvalue weighted by atomic mass is 10.0. The number of hydrogen-bond acceptors (Lipinski definition) is 6. The minimum absolute atomic E-state index is 0.218. The van der Waals surface area contributed by atoms with Gasteiger partial charge in [-0.1, -0.05) is 0 Å². The fraction of sp³-hybridized carbons (Fsp3) is 0.409. The molecule has 11 heteroatoms. The molecule has 0 unspecified atom stereocenters. The van der Waals surface area contributed by atoms with Crippen LogP contribution in [0.2, 0.25) is 0 Å². The van der Waals surface area contributed by atoms with Gasteiger partial charge in [0, 0.05) is 25.2 Å². The molecule has 174 valence electrons. The van der Waals surface area contributed by atoms with Crippen LogP contribution in [0.3, 0.4) is 0 Å². The molecule has 0 fully saturated rings. The smallest absolute Gasteiger partial charge is 0.407 e. The van der Waals surface area contributed by atoms with Crippen molar-refractivity contribution in [2.45, 2.75) is 46.2 Å². The first-order valence-corrected chi connectivity index (χ1v) is 11.0. The number of cyclic esters (lactones) is 1. The Kier molecular flexibility index (Phi) is 6.29. The van der Waals surface area contributed by atoms with Gasteiger partial charge < -0.3 is 20.4 Å². The van der Waals surface area contributed by atoms with Gasteiger partial charge in [-0.25, -0.2) is 9.78 Å². The Morgan fingerprint density at radius 2 is 2.09 bits per heavy atom. The number of aromatic nitrogens is 4. The van der Waals surface area contributed by atoms with Gasteiger partial charge in [0.2, 0.25) is 11.9 Å². The highest BCUT2D eigenvalue weighted by Crippen LogP contribution is 2.27. The molecule has 1 aliphatic rings. The van der Waals surface area contributed by atoms with Gasteiger partial charge in [0.15, 0.2) is 0 Å². The number of alkyl carbamates (subject to hydrolysis) is 1. The van der Waals surface area contributed by atoms with E-state index >= 15 is 0 Å². The van der Waals surface area contributed by atoms with Crippen molar-refractivity contribution in [1.29, 1.82) is 0 Å². The summed E-state index contributed by atoms with van der Waals surface area (Å²) in [5, 5.41) is 9.95. The fourth-order valence-electron chi connectivity index (χ4n) is 4.04. The molecule has 2 aromatic heterocycles. The minimum Gasteiger partial charge on any atom is -0.449 e. The van der Waals surface area contributed by atoms with Crippen LogP contribution in [0.25, 0.3) is 11.0 Å². The summed E-state index contributed by atoms with van der Waals surface area (Å²) in [6.07, 6.45) is 1.27. The Bertz CT molecular complexity index is 1230. The van der Waals surface area contributed by atoms with Crippen LogP contribution in [-0.4, -0.2) is 50.4 Å². The molecule has 0 aliphatic carbocycles. The molecule has 0 spiro atoms. The molecule has 33 heavy (non-hydrogen) atoms. The van der Waals surface area contributed by atoms with Crippen molar-refractivity contribution in [2.75, 3.05) is 18.5 Å². The van der Waals surface area contributed by atoms with E-state index < -0.39 is 12.0 Å². The second-order valence-corrected chi connectivity index (χ2v) is 7.92. The largest absolute Gasteiger partial charge is 0.449 e. The number of nitrogens with two attached hydrogens (primary N) is 1. The number of carbonyl (C=O) groups excluding carboxylic acids is 3. The maximum atomic E-state index is 13.1. The van der Waals surface area contributed by atoms with E-state index in [4.69, 9.17) is 10.5 Å². The lowest BCUT2D eigenvalue weighted by Gasteiger charge is -2.15. The van der Waals surface area contributed by atoms with Gasteiger partial charge in [0.1, 0.15) is 5.69 Å². The van der Waals surface area contributed by atoms with Gasteiger partial charge >= 0.3 is 6.09 Å². The Balaban J connectivity index is 1.78. The van der Waals surface area contributed by atoms with E-state index in [1.54, 1.807) is 22.9 Å². The molecule has 11 nitrogen and oxygen atoms in total. The van der Waals surface area contributed by atoms with Crippen LogP contribution in [0.1, 0.15) is 51.9 Å². The van der Waals surface area contributed by atoms with Crippen LogP contribution in [0.15, 0.2) is 18.2 Å². The first-order chi connectivity index (χ1) is 15.9. The highest BCUT2D eigenvalue weighted by Gasteiger charge is 2.21. The average Bonchev–Trinajstić information content (AvgIpc) is 3.32. The third-order valence-corrected chi connectivity index (χ3v) is 5.52. The van der Waals surface area contributed by atoms with Crippen LogP contribution in [-0.2, 0) is 24.2 Å². The second-order valence-electron chi connectivity index (χ2n) is 7.92. The SMILES string of the molecule is CCn1nc(C)cc1C(=O)Nc1nc2cc(C(N)=O)cc3c2n1CCCOC(=O)NCCC3. The molecule has 3 amide bonds. The second kappa shape index (κ2) is 9.31. The number of rotatable bonds is 4. The molecular formula is C22H27N7O4. The number of amides is 3. The number of hydrogen-bond donors (Lipinski definition) is 3. The summed E-state index contributed by atoms with van der Waals surface area (Å²) in [5.74, 6) is -0.535. The van der Waals surface area contributed by atoms with Crippen LogP contribution >= 0.6 is 0 Å². The number of anilines is 1. The number of ether oxygens (including phenoxy) is 1. The molecule has 1 aliphatic heterocycles. The zero-order valence-corrected chi connectivity index (χ0v) is 18.7. The van der Waals surface area contributed by atoms with Crippen LogP contribution in [0.5, 0.6) is 0 Å². The van der Waals surface area contributed by atoms with Crippen LogP contribution in [0, 0.1) is 6.92 Å². The Morgan fingerprint density at radius 3 is 2.85 bits per heavy atom. The molecular weight excluding hydrogens is 426 g/mol. The van der Waals surface area contributed by atoms with Crippen molar-refractivity contribution in [3.8, 4) is 0 Å². The topological polar surface area (TPSA) is 146 Å². The molecule has 1 aromatic carbocycles. The summed E-state index contributed by atoms with van der Waals surface area (Å²) in [7, 11) is 0. The third-order valence-electron chi connectivity index (χ3n) is 5.52. The number of primary amides is 1. The first-order valence-electron chi connectivity index (χ1n) is 11.0. The lowest BCUT2D eigenvalue weighted by molar-refractivity contribution is 0.0995. The monoisotopic (exact) mass is 453 g/mol. The van der Waals surface area contributed by atoms with Crippen molar-refractivity contribution in [2.24, 2.45) is 5.73 Å². The summed E-state index contributed by atoms with van der Waals surface area (Å²) >= 11 is 0. The zero-order chi connectivity index (χ0) is 23.5. The molecule has 0 saturated carbocycles. The van der Waals surface area contributed by atoms with E-state index in [-0.39, 0.29) is 12.5 Å². The summed E-state index contributed by atoms with van der Waals surface area (Å²) < 4.78 is 8.74. The zero-order valence-electron chi connectivity index (χ0n) is 18.7. The predicted octanol–water partition coefficient (Wildman–Crippen LogP) is 1.97. The van der Waals surface area contributed by atoms with Gasteiger partial charge in [-0.2, -0.15) is 5.10 Å². The minimum atomic E-state index is -0.552. The first kappa shape index (κ1) is 22.3. The fourth-order valence-corrected chi connectivity index (χ4v) is 4.04. The van der Waals surface area contributed by atoms with Gasteiger partial charge in [-0.05, 0) is 56.9 Å². The standard InChI is InChI=1S/C22H27N7O4/c1-3-29-17(10-13(2)27-29)20(31)26-21-25-16-12-15(19(23)30)11-14-6-4-7-24-22(32)33-9-5-8-28(21)18(14)16/h10-12H,3-9H2,1-2H3,(H2,23,30)(H,24,32)(H,25,26,31). The Hall–Kier alpha value is -3.89. The average molecular weight is 454 g/mol. The molecule has 4 rings (SSSR count). The van der Waals surface area contributed by atoms with Gasteiger partial charge in [0.25, 0.3) is 5.91 Å². The number of carbonyl (C=O) groups is 3. The highest BCUT2D eigenvalue weighted by molar-refractivity contribution is 6.04. The summed E-state index contributed by atoms with van der Waals surface area (Å²) in [6, 6.07) is 5.12. The number of nitrogens with zero attached hydrogens (tertiary/aromatic N) is 4. The van der Waals surface area contributed by atoms with E-state index in [2.05, 4.69) is 20.7 Å². The van der Waals surface area contributed by atoms with Crippen molar-refractivity contribution < 1.29 is 19.1 Å². The van der Waals surface area contributed by atoms with Crippen LogP contribution < -0.4 is 16.4 Å². The van der Waals surface area contributed by atoms with E-state index in [9.17, 15) is 14.4 Å². The molecule has 0 saturated heterocycles. The number of benzene rings is 1. The Labute approximate surface area is 190 Å². The third kappa shape index (κ3) is 4.66. The van der Waals surface area contributed by atoms with Crippen molar-refractivity contribution in [3.63, 3.8) is 0 Å². The molecule has 3 heterocycles. The maximum Gasteiger partial charge on any atom is 0.407 e. The van der Waals surface area contributed by atoms with Crippen molar-refractivity contribution >= 4 is 34.9 Å². The number of imidazole rings is 1. The van der Waals surface area contributed by atoms with E-state index in [1.807, 2.05) is 18.4 Å². The van der Waals surface area contributed by atoms with Gasteiger partial charge in [-0.15, -0.1) is 0 Å². The van der Waals surface area contributed by atoms with E-state index in [1.165, 1.54) is 0 Å². The van der Waals surface area contributed by atoms with Crippen molar-refractivity contribution in [3.05, 3.63) is 40.7 Å².